The number of fused-ring (bicyclic) bond motifs is 1. The van der Waals surface area contributed by atoms with Crippen molar-refractivity contribution in [1.82, 2.24) is 24.5 Å². The highest BCUT2D eigenvalue weighted by Crippen LogP contribution is 2.17. The van der Waals surface area contributed by atoms with Gasteiger partial charge in [0.25, 0.3) is 5.56 Å². The van der Waals surface area contributed by atoms with E-state index in [1.54, 1.807) is 9.30 Å². The highest BCUT2D eigenvalue weighted by molar-refractivity contribution is 7.99. The maximum atomic E-state index is 12.0. The summed E-state index contributed by atoms with van der Waals surface area (Å²) in [6.45, 7) is 7.11. The largest absolute Gasteiger partial charge is 0.343 e. The molecule has 0 spiro atoms. The van der Waals surface area contributed by atoms with Crippen LogP contribution in [0, 0.1) is 6.92 Å². The van der Waals surface area contributed by atoms with E-state index in [2.05, 4.69) is 15.2 Å². The first-order chi connectivity index (χ1) is 9.56. The van der Waals surface area contributed by atoms with Crippen molar-refractivity contribution in [1.29, 1.82) is 0 Å². The van der Waals surface area contributed by atoms with E-state index in [1.807, 2.05) is 20.8 Å². The molecule has 1 amide bonds. The highest BCUT2D eigenvalue weighted by atomic mass is 32.2. The number of aromatic amines is 1. The van der Waals surface area contributed by atoms with Gasteiger partial charge in [0.15, 0.2) is 5.16 Å². The Hall–Kier alpha value is -1.83. The molecule has 0 aliphatic heterocycles. The van der Waals surface area contributed by atoms with Gasteiger partial charge in [0.1, 0.15) is 0 Å². The van der Waals surface area contributed by atoms with Crippen LogP contribution in [0.3, 0.4) is 0 Å². The van der Waals surface area contributed by atoms with E-state index < -0.39 is 0 Å². The monoisotopic (exact) mass is 295 g/mol. The molecule has 0 aliphatic carbocycles. The Morgan fingerprint density at radius 2 is 2.10 bits per heavy atom. The number of H-pyrrole nitrogens is 1. The molecule has 0 saturated carbocycles. The second kappa shape index (κ2) is 6.08. The van der Waals surface area contributed by atoms with E-state index in [-0.39, 0.29) is 11.5 Å². The van der Waals surface area contributed by atoms with Crippen molar-refractivity contribution < 1.29 is 4.79 Å². The summed E-state index contributed by atoms with van der Waals surface area (Å²) in [5.41, 5.74) is 0.532. The first kappa shape index (κ1) is 14.6. The van der Waals surface area contributed by atoms with Crippen LogP contribution in [0.25, 0.3) is 5.78 Å². The molecule has 0 fully saturated rings. The fourth-order valence-electron chi connectivity index (χ4n) is 1.96. The summed E-state index contributed by atoms with van der Waals surface area (Å²) in [6.07, 6.45) is 0. The molecular weight excluding hydrogens is 278 g/mol. The number of aromatic nitrogens is 4. The van der Waals surface area contributed by atoms with Gasteiger partial charge < -0.3 is 4.90 Å². The number of nitrogens with zero attached hydrogens (tertiary/aromatic N) is 4. The summed E-state index contributed by atoms with van der Waals surface area (Å²) in [5, 5.41) is 8.54. The third-order valence-corrected chi connectivity index (χ3v) is 3.92. The first-order valence-electron chi connectivity index (χ1n) is 6.42. The van der Waals surface area contributed by atoms with Crippen LogP contribution in [0.1, 0.15) is 19.5 Å². The number of rotatable bonds is 5. The molecule has 2 aromatic rings. The van der Waals surface area contributed by atoms with Crippen molar-refractivity contribution in [3.05, 3.63) is 22.1 Å². The lowest BCUT2D eigenvalue weighted by Gasteiger charge is -2.17. The Kier molecular flexibility index (Phi) is 4.43. The van der Waals surface area contributed by atoms with Crippen molar-refractivity contribution in [2.45, 2.75) is 25.9 Å². The summed E-state index contributed by atoms with van der Waals surface area (Å²) >= 11 is 1.32. The van der Waals surface area contributed by atoms with Crippen LogP contribution in [0.2, 0.25) is 0 Å². The zero-order valence-corrected chi connectivity index (χ0v) is 12.5. The van der Waals surface area contributed by atoms with Gasteiger partial charge in [0.2, 0.25) is 11.7 Å². The maximum absolute atomic E-state index is 12.0. The molecular formula is C12H17N5O2S. The van der Waals surface area contributed by atoms with Crippen LogP contribution < -0.4 is 5.56 Å². The molecule has 108 valence electrons. The second-order valence-electron chi connectivity index (χ2n) is 4.27. The average Bonchev–Trinajstić information content (AvgIpc) is 2.81. The number of thioether (sulfide) groups is 1. The van der Waals surface area contributed by atoms with E-state index in [0.717, 1.165) is 5.69 Å². The van der Waals surface area contributed by atoms with Crippen LogP contribution in [0.15, 0.2) is 16.0 Å². The first-order valence-corrected chi connectivity index (χ1v) is 7.41. The van der Waals surface area contributed by atoms with Crippen LogP contribution in [0.4, 0.5) is 0 Å². The maximum Gasteiger partial charge on any atom is 0.252 e. The minimum atomic E-state index is -0.210. The second-order valence-corrected chi connectivity index (χ2v) is 5.21. The van der Waals surface area contributed by atoms with Gasteiger partial charge in [-0.2, -0.15) is 0 Å². The third-order valence-electron chi connectivity index (χ3n) is 3.00. The van der Waals surface area contributed by atoms with Gasteiger partial charge in [-0.25, -0.2) is 0 Å². The summed E-state index contributed by atoms with van der Waals surface area (Å²) < 4.78 is 1.74. The van der Waals surface area contributed by atoms with Gasteiger partial charge in [0.05, 0.1) is 5.75 Å². The fraction of sp³-hybridized carbons (Fsp3) is 0.500. The Labute approximate surface area is 120 Å². The van der Waals surface area contributed by atoms with E-state index >= 15 is 0 Å². The molecule has 0 aliphatic rings. The zero-order chi connectivity index (χ0) is 14.7. The van der Waals surface area contributed by atoms with Gasteiger partial charge in [-0.15, -0.1) is 10.2 Å². The van der Waals surface area contributed by atoms with E-state index in [4.69, 9.17) is 0 Å². The predicted molar refractivity (Wildman–Crippen MR) is 77.0 cm³/mol. The lowest BCUT2D eigenvalue weighted by atomic mass is 10.4. The van der Waals surface area contributed by atoms with Gasteiger partial charge in [-0.3, -0.25) is 19.0 Å². The van der Waals surface area contributed by atoms with Crippen molar-refractivity contribution >= 4 is 23.4 Å². The molecule has 8 heteroatoms. The van der Waals surface area contributed by atoms with Crippen LogP contribution >= 0.6 is 11.8 Å². The molecule has 7 nitrogen and oxygen atoms in total. The molecule has 20 heavy (non-hydrogen) atoms. The Bertz CT molecular complexity index is 674. The van der Waals surface area contributed by atoms with E-state index in [9.17, 15) is 9.59 Å². The van der Waals surface area contributed by atoms with Crippen molar-refractivity contribution in [3.8, 4) is 0 Å². The summed E-state index contributed by atoms with van der Waals surface area (Å²) in [7, 11) is 0. The summed E-state index contributed by atoms with van der Waals surface area (Å²) in [5.74, 6) is 0.771. The number of carbonyl (C=O) groups excluding carboxylic acids is 1. The Morgan fingerprint density at radius 3 is 2.75 bits per heavy atom. The predicted octanol–water partition coefficient (Wildman–Crippen LogP) is 0.687. The fourth-order valence-corrected chi connectivity index (χ4v) is 2.85. The molecule has 2 aromatic heterocycles. The standard InChI is InChI=1S/C12H17N5O2S/c1-4-16(5-2)10(19)7-20-12-15-14-11-13-9(18)6-8(3)17(11)12/h6H,4-5,7H2,1-3H3,(H,13,14,18). The molecule has 2 rings (SSSR count). The van der Waals surface area contributed by atoms with Crippen molar-refractivity contribution in [3.63, 3.8) is 0 Å². The van der Waals surface area contributed by atoms with Gasteiger partial charge >= 0.3 is 0 Å². The SMILES string of the molecule is CCN(CC)C(=O)CSc1nnc2[nH]c(=O)cc(C)n12. The number of aryl methyl sites for hydroxylation is 1. The minimum Gasteiger partial charge on any atom is -0.343 e. The number of amides is 1. The molecule has 0 saturated heterocycles. The Balaban J connectivity index is 2.19. The van der Waals surface area contributed by atoms with Crippen molar-refractivity contribution in [2.24, 2.45) is 0 Å². The number of hydrogen-bond donors (Lipinski definition) is 1. The van der Waals surface area contributed by atoms with Crippen LogP contribution in [-0.2, 0) is 4.79 Å². The molecule has 0 radical (unpaired) electrons. The molecule has 1 N–H and O–H groups in total. The van der Waals surface area contributed by atoms with Crippen LogP contribution in [-0.4, -0.2) is 49.2 Å². The normalized spacial score (nSPS) is 10.9. The number of nitrogens with one attached hydrogen (secondary N) is 1. The molecule has 0 bridgehead atoms. The van der Waals surface area contributed by atoms with Gasteiger partial charge in [0, 0.05) is 24.8 Å². The zero-order valence-electron chi connectivity index (χ0n) is 11.7. The molecule has 0 unspecified atom stereocenters. The Morgan fingerprint density at radius 1 is 1.40 bits per heavy atom. The average molecular weight is 295 g/mol. The highest BCUT2D eigenvalue weighted by Gasteiger charge is 2.14. The topological polar surface area (TPSA) is 83.4 Å². The summed E-state index contributed by atoms with van der Waals surface area (Å²) in [4.78, 5) is 27.7. The molecule has 2 heterocycles. The lowest BCUT2D eigenvalue weighted by Crippen LogP contribution is -2.31. The minimum absolute atomic E-state index is 0.0684. The van der Waals surface area contributed by atoms with Gasteiger partial charge in [-0.1, -0.05) is 11.8 Å². The third kappa shape index (κ3) is 2.84. The number of hydrogen-bond acceptors (Lipinski definition) is 5. The van der Waals surface area contributed by atoms with Crippen LogP contribution in [0.5, 0.6) is 0 Å². The van der Waals surface area contributed by atoms with E-state index in [1.165, 1.54) is 17.8 Å². The van der Waals surface area contributed by atoms with E-state index in [0.29, 0.717) is 29.8 Å². The van der Waals surface area contributed by atoms with Crippen molar-refractivity contribution in [2.75, 3.05) is 18.8 Å². The molecule has 0 aromatic carbocycles. The number of carbonyl (C=O) groups is 1. The quantitative estimate of drug-likeness (QED) is 0.820. The lowest BCUT2D eigenvalue weighted by molar-refractivity contribution is -0.127. The summed E-state index contributed by atoms with van der Waals surface area (Å²) in [6, 6.07) is 1.48. The molecule has 0 atom stereocenters. The smallest absolute Gasteiger partial charge is 0.252 e. The van der Waals surface area contributed by atoms with Gasteiger partial charge in [-0.05, 0) is 20.8 Å².